The van der Waals surface area contributed by atoms with Gasteiger partial charge in [-0.2, -0.15) is 0 Å². The van der Waals surface area contributed by atoms with Crippen molar-refractivity contribution in [3.05, 3.63) is 53.6 Å². The summed E-state index contributed by atoms with van der Waals surface area (Å²) in [7, 11) is 1.49. The number of aromatic nitrogens is 1. The van der Waals surface area contributed by atoms with E-state index in [0.717, 1.165) is 6.42 Å². The van der Waals surface area contributed by atoms with Crippen LogP contribution >= 0.6 is 0 Å². The summed E-state index contributed by atoms with van der Waals surface area (Å²) in [5.41, 5.74) is 7.23. The predicted molar refractivity (Wildman–Crippen MR) is 79.0 cm³/mol. The van der Waals surface area contributed by atoms with Gasteiger partial charge in [0.1, 0.15) is 17.3 Å². The number of hydrogen-bond acceptors (Lipinski definition) is 4. The second kappa shape index (κ2) is 7.04. The van der Waals surface area contributed by atoms with Gasteiger partial charge in [0.2, 0.25) is 0 Å². The Morgan fingerprint density at radius 2 is 2.05 bits per heavy atom. The second-order valence-corrected chi connectivity index (χ2v) is 4.67. The van der Waals surface area contributed by atoms with E-state index in [1.165, 1.54) is 13.2 Å². The van der Waals surface area contributed by atoms with Crippen LogP contribution in [-0.2, 0) is 0 Å². The molecule has 0 spiro atoms. The van der Waals surface area contributed by atoms with Crippen molar-refractivity contribution < 1.29 is 13.9 Å². The Balaban J connectivity index is 2.25. The largest absolute Gasteiger partial charge is 0.497 e. The van der Waals surface area contributed by atoms with Crippen molar-refractivity contribution >= 4 is 0 Å². The smallest absolute Gasteiger partial charge is 0.137 e. The predicted octanol–water partition coefficient (Wildman–Crippen LogP) is 3.07. The summed E-state index contributed by atoms with van der Waals surface area (Å²) in [6.07, 6.45) is 4.15. The summed E-state index contributed by atoms with van der Waals surface area (Å²) in [6.45, 7) is 2.63. The van der Waals surface area contributed by atoms with Gasteiger partial charge in [0.05, 0.1) is 26.0 Å². The minimum absolute atomic E-state index is 0.394. The van der Waals surface area contributed by atoms with Crippen molar-refractivity contribution in [2.45, 2.75) is 19.4 Å². The molecule has 2 aromatic rings. The van der Waals surface area contributed by atoms with Gasteiger partial charge < -0.3 is 15.2 Å². The van der Waals surface area contributed by atoms with E-state index in [9.17, 15) is 4.39 Å². The summed E-state index contributed by atoms with van der Waals surface area (Å²) >= 11 is 0. The number of hydrogen-bond donors (Lipinski definition) is 1. The first-order valence-electron chi connectivity index (χ1n) is 6.82. The molecule has 1 atom stereocenters. The molecule has 0 saturated heterocycles. The second-order valence-electron chi connectivity index (χ2n) is 4.67. The van der Waals surface area contributed by atoms with Crippen molar-refractivity contribution in [1.29, 1.82) is 0 Å². The number of nitrogens with zero attached hydrogens (tertiary/aromatic N) is 1. The molecule has 5 heteroatoms. The standard InChI is InChI=1S/C16H19FN2O2/c1-3-6-21-13-7-11(9-19-10-13)16(18)14-5-4-12(20-2)8-15(14)17/h4-5,7-10,16H,3,6,18H2,1-2H3. The van der Waals surface area contributed by atoms with Crippen LogP contribution in [0.4, 0.5) is 4.39 Å². The highest BCUT2D eigenvalue weighted by Gasteiger charge is 2.15. The van der Waals surface area contributed by atoms with E-state index in [-0.39, 0.29) is 0 Å². The molecule has 1 aromatic heterocycles. The SMILES string of the molecule is CCCOc1cncc(C(N)c2ccc(OC)cc2F)c1. The molecule has 21 heavy (non-hydrogen) atoms. The topological polar surface area (TPSA) is 57.4 Å². The third-order valence-corrected chi connectivity index (χ3v) is 3.11. The maximum absolute atomic E-state index is 14.1. The van der Waals surface area contributed by atoms with Crippen LogP contribution in [0.1, 0.15) is 30.5 Å². The lowest BCUT2D eigenvalue weighted by Crippen LogP contribution is -2.14. The molecule has 1 aromatic carbocycles. The molecule has 2 rings (SSSR count). The van der Waals surface area contributed by atoms with Gasteiger partial charge in [-0.3, -0.25) is 4.98 Å². The lowest BCUT2D eigenvalue weighted by atomic mass is 10.0. The number of rotatable bonds is 6. The van der Waals surface area contributed by atoms with Crippen LogP contribution in [0, 0.1) is 5.82 Å². The third-order valence-electron chi connectivity index (χ3n) is 3.11. The van der Waals surface area contributed by atoms with Crippen LogP contribution in [0.3, 0.4) is 0 Å². The van der Waals surface area contributed by atoms with Gasteiger partial charge in [0.25, 0.3) is 0 Å². The summed E-state index contributed by atoms with van der Waals surface area (Å²) in [4.78, 5) is 4.10. The molecule has 0 amide bonds. The molecule has 1 unspecified atom stereocenters. The van der Waals surface area contributed by atoms with Crippen molar-refractivity contribution in [3.63, 3.8) is 0 Å². The van der Waals surface area contributed by atoms with Crippen LogP contribution in [0.25, 0.3) is 0 Å². The Morgan fingerprint density at radius 1 is 1.24 bits per heavy atom. The number of pyridine rings is 1. The lowest BCUT2D eigenvalue weighted by Gasteiger charge is -2.15. The van der Waals surface area contributed by atoms with Crippen molar-refractivity contribution in [2.75, 3.05) is 13.7 Å². The quantitative estimate of drug-likeness (QED) is 0.888. The zero-order valence-electron chi connectivity index (χ0n) is 12.2. The van der Waals surface area contributed by atoms with Crippen LogP contribution in [0.2, 0.25) is 0 Å². The van der Waals surface area contributed by atoms with Gasteiger partial charge in [-0.25, -0.2) is 4.39 Å². The van der Waals surface area contributed by atoms with Gasteiger partial charge in [-0.05, 0) is 24.1 Å². The van der Waals surface area contributed by atoms with E-state index in [0.29, 0.717) is 29.2 Å². The molecular weight excluding hydrogens is 271 g/mol. The molecule has 2 N–H and O–H groups in total. The van der Waals surface area contributed by atoms with Crippen LogP contribution in [-0.4, -0.2) is 18.7 Å². The first-order valence-corrected chi connectivity index (χ1v) is 6.82. The number of nitrogens with two attached hydrogens (primary N) is 1. The highest BCUT2D eigenvalue weighted by Crippen LogP contribution is 2.26. The maximum atomic E-state index is 14.1. The Bertz CT molecular complexity index is 605. The molecule has 0 aliphatic heterocycles. The fourth-order valence-electron chi connectivity index (χ4n) is 1.97. The van der Waals surface area contributed by atoms with Crippen molar-refractivity contribution in [3.8, 4) is 11.5 Å². The number of methoxy groups -OCH3 is 1. The van der Waals surface area contributed by atoms with E-state index < -0.39 is 11.9 Å². The number of halogens is 1. The van der Waals surface area contributed by atoms with E-state index in [2.05, 4.69) is 4.98 Å². The molecule has 0 radical (unpaired) electrons. The van der Waals surface area contributed by atoms with Crippen molar-refractivity contribution in [1.82, 2.24) is 4.98 Å². The van der Waals surface area contributed by atoms with Gasteiger partial charge in [0.15, 0.2) is 0 Å². The van der Waals surface area contributed by atoms with Gasteiger partial charge >= 0.3 is 0 Å². The molecule has 1 heterocycles. The number of benzene rings is 1. The molecule has 0 aliphatic carbocycles. The molecular formula is C16H19FN2O2. The van der Waals surface area contributed by atoms with Crippen LogP contribution in [0.5, 0.6) is 11.5 Å². The zero-order valence-corrected chi connectivity index (χ0v) is 12.2. The van der Waals surface area contributed by atoms with Gasteiger partial charge in [0, 0.05) is 17.8 Å². The summed E-state index contributed by atoms with van der Waals surface area (Å²) in [6, 6.07) is 5.81. The molecule has 0 bridgehead atoms. The Morgan fingerprint density at radius 3 is 2.71 bits per heavy atom. The fourth-order valence-corrected chi connectivity index (χ4v) is 1.97. The highest BCUT2D eigenvalue weighted by atomic mass is 19.1. The first-order chi connectivity index (χ1) is 10.2. The van der Waals surface area contributed by atoms with Crippen LogP contribution < -0.4 is 15.2 Å². The summed E-state index contributed by atoms with van der Waals surface area (Å²) in [5.74, 6) is 0.696. The Labute approximate surface area is 123 Å². The van der Waals surface area contributed by atoms with E-state index in [1.807, 2.05) is 6.92 Å². The Hall–Kier alpha value is -2.14. The van der Waals surface area contributed by atoms with Crippen LogP contribution in [0.15, 0.2) is 36.7 Å². The minimum Gasteiger partial charge on any atom is -0.497 e. The first kappa shape index (κ1) is 15.3. The highest BCUT2D eigenvalue weighted by molar-refractivity contribution is 5.37. The lowest BCUT2D eigenvalue weighted by molar-refractivity contribution is 0.315. The summed E-state index contributed by atoms with van der Waals surface area (Å²) in [5, 5.41) is 0. The molecule has 0 aliphatic rings. The number of ether oxygens (including phenoxy) is 2. The zero-order chi connectivity index (χ0) is 15.2. The average molecular weight is 290 g/mol. The monoisotopic (exact) mass is 290 g/mol. The van der Waals surface area contributed by atoms with Gasteiger partial charge in [-0.15, -0.1) is 0 Å². The normalized spacial score (nSPS) is 12.0. The van der Waals surface area contributed by atoms with Gasteiger partial charge in [-0.1, -0.05) is 13.0 Å². The molecule has 0 fully saturated rings. The minimum atomic E-state index is -0.603. The van der Waals surface area contributed by atoms with Crippen molar-refractivity contribution in [2.24, 2.45) is 5.73 Å². The van der Waals surface area contributed by atoms with E-state index >= 15 is 0 Å². The van der Waals surface area contributed by atoms with E-state index in [1.54, 1.807) is 30.6 Å². The Kier molecular flexibility index (Phi) is 5.11. The van der Waals surface area contributed by atoms with E-state index in [4.69, 9.17) is 15.2 Å². The molecule has 0 saturated carbocycles. The fraction of sp³-hybridized carbons (Fsp3) is 0.312. The maximum Gasteiger partial charge on any atom is 0.137 e. The summed E-state index contributed by atoms with van der Waals surface area (Å²) < 4.78 is 24.6. The average Bonchev–Trinajstić information content (AvgIpc) is 2.52. The molecule has 4 nitrogen and oxygen atoms in total. The molecule has 112 valence electrons. The third kappa shape index (κ3) is 3.70.